The summed E-state index contributed by atoms with van der Waals surface area (Å²) in [5.41, 5.74) is 3.58. The summed E-state index contributed by atoms with van der Waals surface area (Å²) in [5.74, 6) is -1.33. The molecule has 0 spiro atoms. The quantitative estimate of drug-likeness (QED) is 0.634. The van der Waals surface area contributed by atoms with Gasteiger partial charge in [-0.2, -0.15) is 5.10 Å². The molecule has 4 rings (SSSR count). The summed E-state index contributed by atoms with van der Waals surface area (Å²) in [5, 5.41) is 4.21. The number of aromatic nitrogens is 2. The molecule has 3 N–H and O–H groups in total. The lowest BCUT2D eigenvalue weighted by atomic mass is 9.73. The van der Waals surface area contributed by atoms with Gasteiger partial charge in [-0.05, 0) is 30.9 Å². The number of primary amides is 1. The van der Waals surface area contributed by atoms with Gasteiger partial charge in [-0.25, -0.2) is 22.3 Å². The first-order valence-corrected chi connectivity index (χ1v) is 12.1. The van der Waals surface area contributed by atoms with E-state index in [1.54, 1.807) is 36.4 Å². The van der Waals surface area contributed by atoms with Crippen molar-refractivity contribution < 1.29 is 27.1 Å². The number of nitrogens with one attached hydrogen (secondary N) is 1. The maximum Gasteiger partial charge on any atom is 0.411 e. The summed E-state index contributed by atoms with van der Waals surface area (Å²) >= 11 is 6.17. The highest BCUT2D eigenvalue weighted by Crippen LogP contribution is 2.62. The minimum atomic E-state index is -3.85. The molecule has 2 amide bonds. The van der Waals surface area contributed by atoms with Gasteiger partial charge < -0.3 is 10.5 Å². The van der Waals surface area contributed by atoms with Crippen molar-refractivity contribution in [2.45, 2.75) is 24.8 Å². The van der Waals surface area contributed by atoms with Crippen LogP contribution in [0.15, 0.2) is 48.7 Å². The first-order valence-electron chi connectivity index (χ1n) is 9.87. The van der Waals surface area contributed by atoms with Crippen LogP contribution >= 0.6 is 11.6 Å². The Labute approximate surface area is 194 Å². The molecule has 33 heavy (non-hydrogen) atoms. The molecule has 2 aliphatic carbocycles. The smallest absolute Gasteiger partial charge is 0.390 e. The number of halogens is 2. The molecule has 0 bridgehead atoms. The fourth-order valence-corrected chi connectivity index (χ4v) is 4.97. The Hall–Kier alpha value is -3.18. The Balaban J connectivity index is 1.85. The van der Waals surface area contributed by atoms with E-state index in [1.165, 1.54) is 16.9 Å². The number of carbonyl (C=O) groups is 2. The molecular weight excluding hydrogens is 475 g/mol. The van der Waals surface area contributed by atoms with Gasteiger partial charge in [0.15, 0.2) is 0 Å². The molecule has 1 aromatic heterocycles. The Morgan fingerprint density at radius 2 is 2.00 bits per heavy atom. The van der Waals surface area contributed by atoms with Gasteiger partial charge in [0.1, 0.15) is 16.4 Å². The molecule has 2 aromatic rings. The fourth-order valence-electron chi connectivity index (χ4n) is 4.28. The lowest BCUT2D eigenvalue weighted by molar-refractivity contribution is -0.128. The van der Waals surface area contributed by atoms with E-state index in [0.29, 0.717) is 24.0 Å². The Bertz CT molecular complexity index is 1320. The van der Waals surface area contributed by atoms with Crippen LogP contribution < -0.4 is 15.2 Å². The molecule has 2 aliphatic rings. The molecule has 0 saturated heterocycles. The van der Waals surface area contributed by atoms with Crippen LogP contribution in [0.4, 0.5) is 9.18 Å². The molecule has 12 heteroatoms. The van der Waals surface area contributed by atoms with Crippen LogP contribution in [0.2, 0.25) is 5.02 Å². The molecule has 0 aliphatic heterocycles. The van der Waals surface area contributed by atoms with Gasteiger partial charge in [-0.15, -0.1) is 0 Å². The number of nitrogens with zero attached hydrogens (tertiary/aromatic N) is 2. The molecule has 1 atom stereocenters. The minimum Gasteiger partial charge on any atom is -0.390 e. The molecular formula is C21H20ClFN4O5S. The Morgan fingerprint density at radius 3 is 2.55 bits per heavy atom. The van der Waals surface area contributed by atoms with Crippen molar-refractivity contribution in [1.29, 1.82) is 0 Å². The SMILES string of the molecule is CS(=O)(=O)NC(=O)C1(C2(n3ncc(Cl)c3OC(N)=O)C=CC(c3ccccc3F)=CC2)CC1. The maximum atomic E-state index is 14.3. The Morgan fingerprint density at radius 1 is 1.30 bits per heavy atom. The van der Waals surface area contributed by atoms with E-state index < -0.39 is 38.8 Å². The molecule has 0 radical (unpaired) electrons. The second-order valence-corrected chi connectivity index (χ2v) is 10.2. The predicted octanol–water partition coefficient (Wildman–Crippen LogP) is 2.73. The van der Waals surface area contributed by atoms with Crippen molar-refractivity contribution in [1.82, 2.24) is 14.5 Å². The van der Waals surface area contributed by atoms with Gasteiger partial charge in [0, 0.05) is 5.56 Å². The zero-order valence-corrected chi connectivity index (χ0v) is 19.0. The van der Waals surface area contributed by atoms with Gasteiger partial charge in [-0.1, -0.05) is 48.0 Å². The second-order valence-electron chi connectivity index (χ2n) is 8.02. The van der Waals surface area contributed by atoms with E-state index in [2.05, 4.69) is 5.10 Å². The van der Waals surface area contributed by atoms with Gasteiger partial charge in [-0.3, -0.25) is 9.52 Å². The van der Waals surface area contributed by atoms with E-state index in [9.17, 15) is 22.4 Å². The monoisotopic (exact) mass is 494 g/mol. The molecule has 1 heterocycles. The number of allylic oxidation sites excluding steroid dienone is 4. The minimum absolute atomic E-state index is 0.0234. The molecule has 9 nitrogen and oxygen atoms in total. The van der Waals surface area contributed by atoms with Crippen LogP contribution in [0.1, 0.15) is 24.8 Å². The topological polar surface area (TPSA) is 133 Å². The zero-order chi connectivity index (χ0) is 24.0. The number of nitrogens with two attached hydrogens (primary N) is 1. The van der Waals surface area contributed by atoms with Crippen molar-refractivity contribution in [2.75, 3.05) is 6.26 Å². The van der Waals surface area contributed by atoms with E-state index in [-0.39, 0.29) is 17.3 Å². The van der Waals surface area contributed by atoms with Crippen LogP contribution in [0.5, 0.6) is 5.88 Å². The third-order valence-electron chi connectivity index (χ3n) is 5.91. The fraction of sp³-hybridized carbons (Fsp3) is 0.286. The molecule has 174 valence electrons. The van der Waals surface area contributed by atoms with Gasteiger partial charge in [0.25, 0.3) is 0 Å². The summed E-state index contributed by atoms with van der Waals surface area (Å²) in [6, 6.07) is 6.22. The number of carbonyl (C=O) groups excluding carboxylic acids is 2. The van der Waals surface area contributed by atoms with Crippen molar-refractivity contribution >= 4 is 39.2 Å². The van der Waals surface area contributed by atoms with Crippen molar-refractivity contribution in [3.63, 3.8) is 0 Å². The normalized spacial score (nSPS) is 21.2. The van der Waals surface area contributed by atoms with E-state index in [4.69, 9.17) is 22.1 Å². The number of hydrogen-bond acceptors (Lipinski definition) is 6. The molecule has 1 fully saturated rings. The molecule has 1 saturated carbocycles. The van der Waals surface area contributed by atoms with E-state index in [0.717, 1.165) is 6.26 Å². The third kappa shape index (κ3) is 4.02. The first-order chi connectivity index (χ1) is 15.5. The van der Waals surface area contributed by atoms with Gasteiger partial charge >= 0.3 is 6.09 Å². The largest absolute Gasteiger partial charge is 0.411 e. The number of hydrogen-bond donors (Lipinski definition) is 2. The van der Waals surface area contributed by atoms with Gasteiger partial charge in [0.05, 0.1) is 17.9 Å². The molecule has 1 unspecified atom stereocenters. The average molecular weight is 495 g/mol. The van der Waals surface area contributed by atoms with Crippen LogP contribution in [-0.2, 0) is 20.4 Å². The van der Waals surface area contributed by atoms with Crippen molar-refractivity contribution in [3.05, 3.63) is 65.1 Å². The number of rotatable bonds is 6. The third-order valence-corrected chi connectivity index (χ3v) is 6.72. The highest BCUT2D eigenvalue weighted by Gasteiger charge is 2.66. The van der Waals surface area contributed by atoms with Crippen molar-refractivity contribution in [3.8, 4) is 5.88 Å². The lowest BCUT2D eigenvalue weighted by Crippen LogP contribution is -2.51. The zero-order valence-electron chi connectivity index (χ0n) is 17.4. The number of benzene rings is 1. The predicted molar refractivity (Wildman–Crippen MR) is 118 cm³/mol. The average Bonchev–Trinajstić information content (AvgIpc) is 3.48. The van der Waals surface area contributed by atoms with Crippen LogP contribution in [0, 0.1) is 11.2 Å². The lowest BCUT2D eigenvalue weighted by Gasteiger charge is -2.40. The number of amides is 2. The van der Waals surface area contributed by atoms with Crippen LogP contribution in [0.3, 0.4) is 0 Å². The second kappa shape index (κ2) is 7.99. The van der Waals surface area contributed by atoms with Crippen LogP contribution in [-0.4, -0.2) is 36.5 Å². The highest BCUT2D eigenvalue weighted by atomic mass is 35.5. The van der Waals surface area contributed by atoms with Crippen LogP contribution in [0.25, 0.3) is 5.57 Å². The summed E-state index contributed by atoms with van der Waals surface area (Å²) in [4.78, 5) is 24.6. The molecule has 1 aromatic carbocycles. The Kier molecular flexibility index (Phi) is 5.57. The first kappa shape index (κ1) is 23.0. The standard InChI is InChI=1S/C21H20ClFN4O5S/c1-33(30,31)26-18(28)20(10-11-20)21(27-17(32-19(24)29)15(22)12-25-27)8-6-13(7-9-21)14-4-2-3-5-16(14)23/h2-8,12H,9-11H2,1H3,(H2,24,29)(H,26,28). The van der Waals surface area contributed by atoms with E-state index in [1.807, 2.05) is 4.72 Å². The maximum absolute atomic E-state index is 14.3. The highest BCUT2D eigenvalue weighted by molar-refractivity contribution is 7.89. The summed E-state index contributed by atoms with van der Waals surface area (Å²) < 4.78 is 46.3. The number of ether oxygens (including phenoxy) is 1. The van der Waals surface area contributed by atoms with E-state index >= 15 is 0 Å². The summed E-state index contributed by atoms with van der Waals surface area (Å²) in [7, 11) is -3.85. The van der Waals surface area contributed by atoms with Crippen molar-refractivity contribution in [2.24, 2.45) is 11.1 Å². The summed E-state index contributed by atoms with van der Waals surface area (Å²) in [6.07, 6.45) is 6.72. The number of sulfonamides is 1. The summed E-state index contributed by atoms with van der Waals surface area (Å²) in [6.45, 7) is 0. The van der Waals surface area contributed by atoms with Gasteiger partial charge in [0.2, 0.25) is 21.8 Å².